The minimum Gasteiger partial charge on any atom is -0.417 e. The predicted octanol–water partition coefficient (Wildman–Crippen LogP) is 10.8. The normalized spacial score (nSPS) is 37.0. The summed E-state index contributed by atoms with van der Waals surface area (Å²) in [6.07, 6.45) is 4.75. The molecule has 0 atom stereocenters. The number of hydrogen-bond acceptors (Lipinski definition) is 1. The number of hydrogen-bond donors (Lipinski definition) is 0. The summed E-state index contributed by atoms with van der Waals surface area (Å²) in [6.45, 7) is 40.3. The first kappa shape index (κ1) is 38.4. The third-order valence-electron chi connectivity index (χ3n) is 11.5. The Balaban J connectivity index is 0. The van der Waals surface area contributed by atoms with Crippen molar-refractivity contribution in [1.82, 2.24) is 0 Å². The van der Waals surface area contributed by atoms with E-state index in [1.54, 1.807) is 0 Å². The third-order valence-corrected chi connectivity index (χ3v) is 16.0. The van der Waals surface area contributed by atoms with Crippen LogP contribution < -0.4 is 0 Å². The van der Waals surface area contributed by atoms with Gasteiger partial charge < -0.3 is 11.3 Å². The van der Waals surface area contributed by atoms with Crippen molar-refractivity contribution in [3.8, 4) is 0 Å². The molecule has 0 amide bonds. The van der Waals surface area contributed by atoms with E-state index in [0.29, 0.717) is 5.04 Å². The van der Waals surface area contributed by atoms with E-state index in [1.807, 2.05) is 0 Å². The molecular formula is C32H67OSiY-. The molecule has 0 bridgehead atoms. The Labute approximate surface area is 250 Å². The van der Waals surface area contributed by atoms with Gasteiger partial charge in [-0.05, 0) is 83.7 Å². The Bertz CT molecular complexity index is 423. The fourth-order valence-corrected chi connectivity index (χ4v) is 6.88. The SMILES string of the molecule is CC1C(C)C(C)C(C)C1C.CC1C(C)C(C)C(C)C1C.[CH2-]CCCCCO[Si](C)(C)C(C)(C)C.[Y]. The van der Waals surface area contributed by atoms with Gasteiger partial charge in [-0.15, -0.1) is 0 Å². The number of rotatable bonds is 6. The summed E-state index contributed by atoms with van der Waals surface area (Å²) < 4.78 is 6.06. The van der Waals surface area contributed by atoms with Crippen LogP contribution in [0.4, 0.5) is 0 Å². The van der Waals surface area contributed by atoms with Crippen molar-refractivity contribution in [2.24, 2.45) is 59.2 Å². The molecule has 0 N–H and O–H groups in total. The van der Waals surface area contributed by atoms with Gasteiger partial charge >= 0.3 is 0 Å². The molecule has 0 aromatic heterocycles. The van der Waals surface area contributed by atoms with Crippen molar-refractivity contribution in [1.29, 1.82) is 0 Å². The second kappa shape index (κ2) is 17.1. The number of unbranched alkanes of at least 4 members (excludes halogenated alkanes) is 3. The van der Waals surface area contributed by atoms with Crippen LogP contribution in [0.3, 0.4) is 0 Å². The minimum atomic E-state index is -1.48. The van der Waals surface area contributed by atoms with Gasteiger partial charge in [0.1, 0.15) is 0 Å². The van der Waals surface area contributed by atoms with Gasteiger partial charge in [0.15, 0.2) is 8.32 Å². The molecule has 2 aliphatic rings. The van der Waals surface area contributed by atoms with Crippen LogP contribution in [-0.2, 0) is 37.1 Å². The molecule has 2 rings (SSSR count). The van der Waals surface area contributed by atoms with Crippen LogP contribution in [0.1, 0.15) is 116 Å². The van der Waals surface area contributed by atoms with Crippen molar-refractivity contribution in [2.45, 2.75) is 134 Å². The summed E-state index contributed by atoms with van der Waals surface area (Å²) >= 11 is 0. The molecule has 209 valence electrons. The van der Waals surface area contributed by atoms with Gasteiger partial charge in [0.25, 0.3) is 0 Å². The largest absolute Gasteiger partial charge is 0.417 e. The molecule has 1 nitrogen and oxygen atoms in total. The van der Waals surface area contributed by atoms with E-state index in [-0.39, 0.29) is 32.7 Å². The van der Waals surface area contributed by atoms with Gasteiger partial charge in [0, 0.05) is 39.3 Å². The average Bonchev–Trinajstić information content (AvgIpc) is 3.03. The Morgan fingerprint density at radius 1 is 0.543 bits per heavy atom. The zero-order chi connectivity index (χ0) is 27.0. The van der Waals surface area contributed by atoms with E-state index in [4.69, 9.17) is 4.43 Å². The van der Waals surface area contributed by atoms with Crippen molar-refractivity contribution >= 4 is 8.32 Å². The fraction of sp³-hybridized carbons (Fsp3) is 0.969. The van der Waals surface area contributed by atoms with Crippen molar-refractivity contribution < 1.29 is 37.1 Å². The molecule has 35 heavy (non-hydrogen) atoms. The molecule has 2 fully saturated rings. The summed E-state index contributed by atoms with van der Waals surface area (Å²) in [4.78, 5) is 0. The zero-order valence-corrected chi connectivity index (χ0v) is 30.8. The molecule has 2 saturated carbocycles. The molecule has 0 saturated heterocycles. The quantitative estimate of drug-likeness (QED) is 0.171. The van der Waals surface area contributed by atoms with Gasteiger partial charge in [-0.1, -0.05) is 103 Å². The van der Waals surface area contributed by atoms with Gasteiger partial charge in [-0.25, -0.2) is 0 Å². The minimum absolute atomic E-state index is 0. The summed E-state index contributed by atoms with van der Waals surface area (Å²) in [5.41, 5.74) is 0. The first-order valence-electron chi connectivity index (χ1n) is 14.8. The molecule has 3 heteroatoms. The molecule has 0 spiro atoms. The van der Waals surface area contributed by atoms with Crippen LogP contribution in [0.5, 0.6) is 0 Å². The van der Waals surface area contributed by atoms with E-state index in [0.717, 1.165) is 72.2 Å². The summed E-state index contributed by atoms with van der Waals surface area (Å²) in [6, 6.07) is 0. The monoisotopic (exact) mass is 584 g/mol. The maximum Gasteiger partial charge on any atom is 0.191 e. The van der Waals surface area contributed by atoms with Crippen LogP contribution in [-0.4, -0.2) is 14.9 Å². The molecule has 0 heterocycles. The van der Waals surface area contributed by atoms with Gasteiger partial charge in [-0.2, -0.15) is 6.42 Å². The van der Waals surface area contributed by atoms with E-state index in [9.17, 15) is 0 Å². The van der Waals surface area contributed by atoms with Crippen molar-refractivity contribution in [2.75, 3.05) is 6.61 Å². The molecule has 2 aliphatic carbocycles. The second-order valence-electron chi connectivity index (χ2n) is 14.1. The standard InChI is InChI=1S/C12H27OSi.2C10H20.Y/c1-7-8-9-10-11-13-14(5,6)12(2,3)4;2*1-6-7(2)9(4)10(5)8(6)3;/h1,7-11H2,2-6H3;2*6-10H,1-5H3;/q-1;;;. The van der Waals surface area contributed by atoms with Crippen molar-refractivity contribution in [3.05, 3.63) is 6.92 Å². The molecule has 0 unspecified atom stereocenters. The van der Waals surface area contributed by atoms with Gasteiger partial charge in [0.05, 0.1) is 0 Å². The molecule has 1 radical (unpaired) electrons. The first-order valence-corrected chi connectivity index (χ1v) is 17.8. The predicted molar refractivity (Wildman–Crippen MR) is 159 cm³/mol. The second-order valence-corrected chi connectivity index (χ2v) is 18.9. The average molecular weight is 585 g/mol. The summed E-state index contributed by atoms with van der Waals surface area (Å²) in [5.74, 6) is 9.35. The molecular weight excluding hydrogens is 517 g/mol. The Kier molecular flexibility index (Phi) is 18.7. The van der Waals surface area contributed by atoms with E-state index in [1.165, 1.54) is 19.3 Å². The maximum absolute atomic E-state index is 6.06. The Hall–Kier alpha value is 1.28. The van der Waals surface area contributed by atoms with Gasteiger partial charge in [-0.3, -0.25) is 0 Å². The van der Waals surface area contributed by atoms with E-state index < -0.39 is 8.32 Å². The van der Waals surface area contributed by atoms with Crippen LogP contribution >= 0.6 is 0 Å². The van der Waals surface area contributed by atoms with E-state index in [2.05, 4.69) is 110 Å². The smallest absolute Gasteiger partial charge is 0.191 e. The van der Waals surface area contributed by atoms with Gasteiger partial charge in [0.2, 0.25) is 0 Å². The Morgan fingerprint density at radius 3 is 1.00 bits per heavy atom. The maximum atomic E-state index is 6.06. The van der Waals surface area contributed by atoms with Crippen LogP contribution in [0.2, 0.25) is 18.1 Å². The molecule has 0 aromatic carbocycles. The molecule has 0 aliphatic heterocycles. The topological polar surface area (TPSA) is 9.23 Å². The van der Waals surface area contributed by atoms with Crippen molar-refractivity contribution in [3.63, 3.8) is 0 Å². The third kappa shape index (κ3) is 11.5. The van der Waals surface area contributed by atoms with E-state index >= 15 is 0 Å². The Morgan fingerprint density at radius 2 is 0.800 bits per heavy atom. The summed E-state index contributed by atoms with van der Waals surface area (Å²) in [5, 5.41) is 0.347. The van der Waals surface area contributed by atoms with Crippen LogP contribution in [0.15, 0.2) is 0 Å². The summed E-state index contributed by atoms with van der Waals surface area (Å²) in [7, 11) is -1.48. The zero-order valence-electron chi connectivity index (χ0n) is 27.0. The van der Waals surface area contributed by atoms with Crippen LogP contribution in [0.25, 0.3) is 0 Å². The molecule has 0 aromatic rings. The fourth-order valence-electron chi connectivity index (χ4n) is 5.79. The first-order chi connectivity index (χ1) is 15.4. The van der Waals surface area contributed by atoms with Crippen LogP contribution in [0, 0.1) is 66.1 Å².